The number of hydrogen-bond donors (Lipinski definition) is 0. The van der Waals surface area contributed by atoms with Gasteiger partial charge in [0.05, 0.1) is 17.0 Å². The van der Waals surface area contributed by atoms with Crippen LogP contribution in [-0.2, 0) is 26.3 Å². The Balaban J connectivity index is 1.42. The highest BCUT2D eigenvalue weighted by Crippen LogP contribution is 2.39. The van der Waals surface area contributed by atoms with Crippen molar-refractivity contribution in [2.75, 3.05) is 0 Å². The van der Waals surface area contributed by atoms with E-state index in [4.69, 9.17) is 4.74 Å². The number of alkyl halides is 3. The minimum atomic E-state index is -4.55. The summed E-state index contributed by atoms with van der Waals surface area (Å²) in [4.78, 5) is 0. The van der Waals surface area contributed by atoms with Crippen molar-refractivity contribution in [1.82, 2.24) is 14.8 Å². The van der Waals surface area contributed by atoms with Gasteiger partial charge in [0.2, 0.25) is 0 Å². The summed E-state index contributed by atoms with van der Waals surface area (Å²) in [6, 6.07) is 31.5. The molecule has 194 valence electrons. The normalized spacial score (nSPS) is 11.8. The number of benzene rings is 4. The molecule has 2 aromatic heterocycles. The number of halogens is 3. The minimum absolute atomic E-state index is 0.168. The van der Waals surface area contributed by atoms with Crippen LogP contribution in [-0.4, -0.2) is 14.8 Å². The molecule has 0 amide bonds. The smallest absolute Gasteiger partial charge is 0.418 e. The molecule has 4 nitrogen and oxygen atoms in total. The summed E-state index contributed by atoms with van der Waals surface area (Å²) < 4.78 is 49.8. The van der Waals surface area contributed by atoms with Crippen LogP contribution in [0.2, 0.25) is 0 Å². The van der Waals surface area contributed by atoms with Crippen molar-refractivity contribution in [3.8, 4) is 16.9 Å². The summed E-state index contributed by atoms with van der Waals surface area (Å²) in [6.45, 7) is 0.346. The van der Waals surface area contributed by atoms with Crippen LogP contribution in [0.15, 0.2) is 103 Å². The van der Waals surface area contributed by atoms with Crippen LogP contribution in [0, 0.1) is 0 Å². The number of para-hydroxylation sites is 1. The molecule has 6 rings (SSSR count). The number of fused-ring (bicyclic) bond motifs is 2. The fraction of sp³-hybridized carbons (Fsp3) is 0.125. The molecule has 0 aliphatic rings. The van der Waals surface area contributed by atoms with Gasteiger partial charge in [-0.25, -0.2) is 0 Å². The maximum Gasteiger partial charge on any atom is 0.418 e. The first-order chi connectivity index (χ1) is 18.9. The molecule has 0 unspecified atom stereocenters. The maximum atomic E-state index is 13.8. The van der Waals surface area contributed by atoms with E-state index >= 15 is 0 Å². The molecule has 0 saturated carbocycles. The molecule has 0 fully saturated rings. The number of aromatic nitrogens is 3. The highest BCUT2D eigenvalue weighted by molar-refractivity contribution is 5.97. The van der Waals surface area contributed by atoms with E-state index in [0.717, 1.165) is 33.8 Å². The standard InChI is InChI=1S/C32H24F3N3O/c1-38-24(18-22-11-5-6-16-29(22)38)20-39-25-13-7-12-23(19-25)30-26-14-8-15-27(32(33,34)35)31(26)37-36-28(30)17-21-9-3-2-4-10-21/h2-16,18-19H,17,20H2,1H3. The molecular formula is C32H24F3N3O. The lowest BCUT2D eigenvalue weighted by Crippen LogP contribution is -2.09. The highest BCUT2D eigenvalue weighted by atomic mass is 19.4. The van der Waals surface area contributed by atoms with Crippen molar-refractivity contribution in [3.63, 3.8) is 0 Å². The van der Waals surface area contributed by atoms with Crippen molar-refractivity contribution in [2.24, 2.45) is 7.05 Å². The molecule has 0 saturated heterocycles. The molecule has 0 bridgehead atoms. The van der Waals surface area contributed by atoms with Crippen LogP contribution in [0.3, 0.4) is 0 Å². The zero-order valence-electron chi connectivity index (χ0n) is 21.1. The molecule has 0 aliphatic heterocycles. The van der Waals surface area contributed by atoms with Crippen LogP contribution < -0.4 is 4.74 Å². The number of rotatable bonds is 6. The predicted octanol–water partition coefficient (Wildman–Crippen LogP) is 7.98. The number of aryl methyl sites for hydroxylation is 1. The minimum Gasteiger partial charge on any atom is -0.487 e. The third-order valence-electron chi connectivity index (χ3n) is 6.94. The molecule has 39 heavy (non-hydrogen) atoms. The van der Waals surface area contributed by atoms with Gasteiger partial charge in [0.25, 0.3) is 0 Å². The van der Waals surface area contributed by atoms with Crippen molar-refractivity contribution in [1.29, 1.82) is 0 Å². The number of ether oxygens (including phenoxy) is 1. The predicted molar refractivity (Wildman–Crippen MR) is 146 cm³/mol. The molecule has 0 N–H and O–H groups in total. The maximum absolute atomic E-state index is 13.8. The zero-order chi connectivity index (χ0) is 27.0. The Morgan fingerprint density at radius 3 is 2.36 bits per heavy atom. The topological polar surface area (TPSA) is 39.9 Å². The van der Waals surface area contributed by atoms with E-state index in [1.165, 1.54) is 6.07 Å². The quantitative estimate of drug-likeness (QED) is 0.222. The summed E-state index contributed by atoms with van der Waals surface area (Å²) >= 11 is 0. The van der Waals surface area contributed by atoms with E-state index in [1.807, 2.05) is 73.8 Å². The largest absolute Gasteiger partial charge is 0.487 e. The lowest BCUT2D eigenvalue weighted by molar-refractivity contribution is -0.136. The van der Waals surface area contributed by atoms with Crippen molar-refractivity contribution < 1.29 is 17.9 Å². The van der Waals surface area contributed by atoms with E-state index in [9.17, 15) is 13.2 Å². The first kappa shape index (κ1) is 24.7. The Morgan fingerprint density at radius 2 is 1.56 bits per heavy atom. The molecule has 6 aromatic rings. The van der Waals surface area contributed by atoms with E-state index in [2.05, 4.69) is 33.0 Å². The Labute approximate surface area is 223 Å². The lowest BCUT2D eigenvalue weighted by Gasteiger charge is -2.16. The monoisotopic (exact) mass is 523 g/mol. The van der Waals surface area contributed by atoms with Crippen LogP contribution in [0.4, 0.5) is 13.2 Å². The molecule has 2 heterocycles. The van der Waals surface area contributed by atoms with Crippen LogP contribution in [0.1, 0.15) is 22.5 Å². The Bertz CT molecular complexity index is 1790. The van der Waals surface area contributed by atoms with Gasteiger partial charge in [0.1, 0.15) is 17.9 Å². The number of nitrogens with zero attached hydrogens (tertiary/aromatic N) is 3. The summed E-state index contributed by atoms with van der Waals surface area (Å²) in [7, 11) is 2.00. The fourth-order valence-corrected chi connectivity index (χ4v) is 5.02. The van der Waals surface area contributed by atoms with Gasteiger partial charge in [-0.1, -0.05) is 72.8 Å². The molecular weight excluding hydrogens is 499 g/mol. The first-order valence-corrected chi connectivity index (χ1v) is 12.5. The van der Waals surface area contributed by atoms with Gasteiger partial charge >= 0.3 is 6.18 Å². The van der Waals surface area contributed by atoms with Crippen LogP contribution >= 0.6 is 0 Å². The van der Waals surface area contributed by atoms with E-state index in [0.29, 0.717) is 35.4 Å². The van der Waals surface area contributed by atoms with Gasteiger partial charge in [-0.2, -0.15) is 18.3 Å². The second-order valence-corrected chi connectivity index (χ2v) is 9.45. The fourth-order valence-electron chi connectivity index (χ4n) is 5.02. The Kier molecular flexibility index (Phi) is 6.27. The van der Waals surface area contributed by atoms with Crippen molar-refractivity contribution in [3.05, 3.63) is 126 Å². The van der Waals surface area contributed by atoms with Gasteiger partial charge in [0, 0.05) is 29.9 Å². The molecule has 0 aliphatic carbocycles. The summed E-state index contributed by atoms with van der Waals surface area (Å²) in [5.74, 6) is 0.611. The summed E-state index contributed by atoms with van der Waals surface area (Å²) in [5.41, 5.74) is 4.07. The van der Waals surface area contributed by atoms with Gasteiger partial charge in [-0.3, -0.25) is 0 Å². The van der Waals surface area contributed by atoms with E-state index in [1.54, 1.807) is 6.07 Å². The number of hydrogen-bond acceptors (Lipinski definition) is 3. The highest BCUT2D eigenvalue weighted by Gasteiger charge is 2.34. The molecule has 0 atom stereocenters. The van der Waals surface area contributed by atoms with Gasteiger partial charge < -0.3 is 9.30 Å². The molecule has 0 radical (unpaired) electrons. The zero-order valence-corrected chi connectivity index (χ0v) is 21.1. The Morgan fingerprint density at radius 1 is 0.795 bits per heavy atom. The molecule has 0 spiro atoms. The molecule has 4 aromatic carbocycles. The van der Waals surface area contributed by atoms with Crippen LogP contribution in [0.25, 0.3) is 32.9 Å². The third kappa shape index (κ3) is 4.83. The molecule has 7 heteroatoms. The van der Waals surface area contributed by atoms with E-state index < -0.39 is 11.7 Å². The summed E-state index contributed by atoms with van der Waals surface area (Å²) in [5, 5.41) is 9.90. The third-order valence-corrected chi connectivity index (χ3v) is 6.94. The summed E-state index contributed by atoms with van der Waals surface area (Å²) in [6.07, 6.45) is -4.12. The van der Waals surface area contributed by atoms with Crippen molar-refractivity contribution >= 4 is 21.8 Å². The van der Waals surface area contributed by atoms with Gasteiger partial charge in [-0.15, -0.1) is 5.10 Å². The van der Waals surface area contributed by atoms with Crippen LogP contribution in [0.5, 0.6) is 5.75 Å². The second kappa shape index (κ2) is 9.91. The van der Waals surface area contributed by atoms with E-state index in [-0.39, 0.29) is 5.52 Å². The lowest BCUT2D eigenvalue weighted by atomic mass is 9.94. The Hall–Kier alpha value is -4.65. The SMILES string of the molecule is Cn1c(COc2cccc(-c3c(Cc4ccccc4)nnc4c(C(F)(F)F)cccc34)c2)cc2ccccc21. The average molecular weight is 524 g/mol. The second-order valence-electron chi connectivity index (χ2n) is 9.45. The van der Waals surface area contributed by atoms with Gasteiger partial charge in [-0.05, 0) is 46.8 Å². The first-order valence-electron chi connectivity index (χ1n) is 12.5. The average Bonchev–Trinajstić information content (AvgIpc) is 3.27. The van der Waals surface area contributed by atoms with Gasteiger partial charge in [0.15, 0.2) is 0 Å². The van der Waals surface area contributed by atoms with Crippen molar-refractivity contribution in [2.45, 2.75) is 19.2 Å².